The Kier molecular flexibility index (Phi) is 3.58. The van der Waals surface area contributed by atoms with Gasteiger partial charge in [0.2, 0.25) is 0 Å². The lowest BCUT2D eigenvalue weighted by atomic mass is 10.0. The molecule has 0 amide bonds. The second-order valence-corrected chi connectivity index (χ2v) is 8.23. The van der Waals surface area contributed by atoms with Crippen LogP contribution in [0.3, 0.4) is 0 Å². The highest BCUT2D eigenvalue weighted by Crippen LogP contribution is 2.37. The van der Waals surface area contributed by atoms with E-state index in [0.717, 1.165) is 27.6 Å². The Morgan fingerprint density at radius 1 is 0.500 bits per heavy atom. The first-order valence-electron chi connectivity index (χ1n) is 10.9. The summed E-state index contributed by atoms with van der Waals surface area (Å²) in [6.45, 7) is 0. The van der Waals surface area contributed by atoms with Gasteiger partial charge in [0, 0.05) is 27.4 Å². The van der Waals surface area contributed by atoms with Crippen LogP contribution in [0.25, 0.3) is 60.6 Å². The first-order chi connectivity index (χ1) is 15.9. The van der Waals surface area contributed by atoms with Gasteiger partial charge in [-0.1, -0.05) is 78.9 Å². The second kappa shape index (κ2) is 6.60. The van der Waals surface area contributed by atoms with Crippen molar-refractivity contribution in [1.82, 2.24) is 4.57 Å². The van der Waals surface area contributed by atoms with Crippen molar-refractivity contribution in [2.24, 2.45) is 0 Å². The molecule has 0 N–H and O–H groups in total. The van der Waals surface area contributed by atoms with E-state index < -0.39 is 0 Å². The van der Waals surface area contributed by atoms with Gasteiger partial charge in [-0.15, -0.1) is 0 Å². The molecule has 2 aromatic heterocycles. The maximum Gasteiger partial charge on any atom is 0.135 e. The SMILES string of the molecule is c1ccc2c(-c3cc4ccccc4n3-c3ccc4oc5ccccc5c4c3)cccc2c1. The molecule has 0 atom stereocenters. The molecule has 0 aliphatic heterocycles. The molecule has 2 nitrogen and oxygen atoms in total. The molecule has 0 saturated heterocycles. The van der Waals surface area contributed by atoms with Crippen molar-refractivity contribution in [3.63, 3.8) is 0 Å². The molecule has 0 unspecified atom stereocenters. The molecule has 0 aliphatic carbocycles. The maximum absolute atomic E-state index is 6.08. The molecule has 150 valence electrons. The molecular weight excluding hydrogens is 390 g/mol. The zero-order chi connectivity index (χ0) is 21.1. The van der Waals surface area contributed by atoms with Crippen LogP contribution in [0.5, 0.6) is 0 Å². The first-order valence-corrected chi connectivity index (χ1v) is 10.9. The summed E-state index contributed by atoms with van der Waals surface area (Å²) < 4.78 is 8.45. The first kappa shape index (κ1) is 17.4. The van der Waals surface area contributed by atoms with Crippen LogP contribution in [-0.2, 0) is 0 Å². The van der Waals surface area contributed by atoms with Crippen molar-refractivity contribution in [1.29, 1.82) is 0 Å². The van der Waals surface area contributed by atoms with Crippen molar-refractivity contribution in [3.05, 3.63) is 115 Å². The monoisotopic (exact) mass is 409 g/mol. The zero-order valence-corrected chi connectivity index (χ0v) is 17.3. The lowest BCUT2D eigenvalue weighted by Crippen LogP contribution is -1.97. The largest absolute Gasteiger partial charge is 0.456 e. The minimum Gasteiger partial charge on any atom is -0.456 e. The number of benzene rings is 5. The molecule has 32 heavy (non-hydrogen) atoms. The zero-order valence-electron chi connectivity index (χ0n) is 17.3. The summed E-state index contributed by atoms with van der Waals surface area (Å²) in [4.78, 5) is 0. The van der Waals surface area contributed by atoms with Crippen LogP contribution < -0.4 is 0 Å². The fourth-order valence-corrected chi connectivity index (χ4v) is 4.93. The number of hydrogen-bond acceptors (Lipinski definition) is 1. The predicted octanol–water partition coefficient (Wildman–Crippen LogP) is 8.35. The van der Waals surface area contributed by atoms with Crippen molar-refractivity contribution >= 4 is 43.6 Å². The highest BCUT2D eigenvalue weighted by Gasteiger charge is 2.16. The van der Waals surface area contributed by atoms with Gasteiger partial charge < -0.3 is 8.98 Å². The Balaban J connectivity index is 1.58. The van der Waals surface area contributed by atoms with E-state index in [1.165, 1.54) is 32.9 Å². The second-order valence-electron chi connectivity index (χ2n) is 8.23. The molecule has 0 bridgehead atoms. The number of rotatable bonds is 2. The summed E-state index contributed by atoms with van der Waals surface area (Å²) >= 11 is 0. The molecule has 0 fully saturated rings. The van der Waals surface area contributed by atoms with Gasteiger partial charge in [0.25, 0.3) is 0 Å². The Morgan fingerprint density at radius 3 is 2.16 bits per heavy atom. The highest BCUT2D eigenvalue weighted by molar-refractivity contribution is 6.06. The summed E-state index contributed by atoms with van der Waals surface area (Å²) in [6, 6.07) is 40.8. The van der Waals surface area contributed by atoms with Crippen LogP contribution in [0.2, 0.25) is 0 Å². The number of nitrogens with zero attached hydrogens (tertiary/aromatic N) is 1. The van der Waals surface area contributed by atoms with Crippen molar-refractivity contribution in [2.75, 3.05) is 0 Å². The predicted molar refractivity (Wildman–Crippen MR) is 133 cm³/mol. The van der Waals surface area contributed by atoms with E-state index in [1.807, 2.05) is 12.1 Å². The summed E-state index contributed by atoms with van der Waals surface area (Å²) in [7, 11) is 0. The average molecular weight is 409 g/mol. The molecule has 7 aromatic rings. The smallest absolute Gasteiger partial charge is 0.135 e. The van der Waals surface area contributed by atoms with Gasteiger partial charge in [0.15, 0.2) is 0 Å². The summed E-state index contributed by atoms with van der Waals surface area (Å²) in [5.41, 5.74) is 6.59. The Morgan fingerprint density at radius 2 is 1.22 bits per heavy atom. The minimum atomic E-state index is 0.915. The van der Waals surface area contributed by atoms with Gasteiger partial charge in [-0.25, -0.2) is 0 Å². The Hall–Kier alpha value is -4.30. The molecule has 7 rings (SSSR count). The van der Waals surface area contributed by atoms with E-state index in [0.29, 0.717) is 0 Å². The number of para-hydroxylation sites is 2. The van der Waals surface area contributed by atoms with E-state index in [2.05, 4.69) is 108 Å². The van der Waals surface area contributed by atoms with Crippen LogP contribution in [0.15, 0.2) is 120 Å². The molecule has 0 radical (unpaired) electrons. The fraction of sp³-hybridized carbons (Fsp3) is 0. The van der Waals surface area contributed by atoms with Crippen LogP contribution >= 0.6 is 0 Å². The van der Waals surface area contributed by atoms with E-state index in [4.69, 9.17) is 4.42 Å². The number of fused-ring (bicyclic) bond motifs is 5. The third kappa shape index (κ3) is 2.47. The Labute approximate surface area is 184 Å². The van der Waals surface area contributed by atoms with Gasteiger partial charge in [0.1, 0.15) is 11.2 Å². The molecule has 2 heterocycles. The standard InChI is InChI=1S/C30H19NO/c1-3-11-23-20(8-1)10-7-13-24(23)28-18-21-9-2-5-14-27(21)31(28)22-16-17-30-26(19-22)25-12-4-6-15-29(25)32-30/h1-19H. The van der Waals surface area contributed by atoms with Crippen LogP contribution in [0.4, 0.5) is 0 Å². The summed E-state index contributed by atoms with van der Waals surface area (Å²) in [5.74, 6) is 0. The summed E-state index contributed by atoms with van der Waals surface area (Å²) in [5, 5.41) is 6.02. The summed E-state index contributed by atoms with van der Waals surface area (Å²) in [6.07, 6.45) is 0. The van der Waals surface area contributed by atoms with Gasteiger partial charge in [-0.3, -0.25) is 0 Å². The van der Waals surface area contributed by atoms with E-state index in [9.17, 15) is 0 Å². The van der Waals surface area contributed by atoms with Crippen molar-refractivity contribution in [2.45, 2.75) is 0 Å². The number of hydrogen-bond donors (Lipinski definition) is 0. The van der Waals surface area contributed by atoms with E-state index >= 15 is 0 Å². The van der Waals surface area contributed by atoms with Crippen molar-refractivity contribution < 1.29 is 4.42 Å². The van der Waals surface area contributed by atoms with Gasteiger partial charge >= 0.3 is 0 Å². The topological polar surface area (TPSA) is 18.1 Å². The maximum atomic E-state index is 6.08. The molecule has 2 heteroatoms. The number of furan rings is 1. The van der Waals surface area contributed by atoms with E-state index in [1.54, 1.807) is 0 Å². The minimum absolute atomic E-state index is 0.915. The van der Waals surface area contributed by atoms with Gasteiger partial charge in [-0.05, 0) is 47.2 Å². The van der Waals surface area contributed by atoms with Crippen LogP contribution in [0.1, 0.15) is 0 Å². The lowest BCUT2D eigenvalue weighted by molar-refractivity contribution is 0.669. The van der Waals surface area contributed by atoms with Gasteiger partial charge in [-0.2, -0.15) is 0 Å². The molecular formula is C30H19NO. The van der Waals surface area contributed by atoms with Gasteiger partial charge in [0.05, 0.1) is 11.2 Å². The molecule has 0 saturated carbocycles. The van der Waals surface area contributed by atoms with Crippen molar-refractivity contribution in [3.8, 4) is 16.9 Å². The third-order valence-electron chi connectivity index (χ3n) is 6.39. The normalized spacial score (nSPS) is 11.8. The molecule has 5 aromatic carbocycles. The van der Waals surface area contributed by atoms with Crippen LogP contribution in [-0.4, -0.2) is 4.57 Å². The van der Waals surface area contributed by atoms with E-state index in [-0.39, 0.29) is 0 Å². The Bertz CT molecular complexity index is 1780. The third-order valence-corrected chi connectivity index (χ3v) is 6.39. The lowest BCUT2D eigenvalue weighted by Gasteiger charge is -2.13. The quantitative estimate of drug-likeness (QED) is 0.280. The molecule has 0 aliphatic rings. The molecule has 0 spiro atoms. The fourth-order valence-electron chi connectivity index (χ4n) is 4.93. The average Bonchev–Trinajstić information content (AvgIpc) is 3.42. The van der Waals surface area contributed by atoms with Crippen LogP contribution in [0, 0.1) is 0 Å². The number of aromatic nitrogens is 1. The highest BCUT2D eigenvalue weighted by atomic mass is 16.3.